The van der Waals surface area contributed by atoms with Gasteiger partial charge < -0.3 is 5.32 Å². The summed E-state index contributed by atoms with van der Waals surface area (Å²) < 4.78 is 0.157. The van der Waals surface area contributed by atoms with Gasteiger partial charge in [0.15, 0.2) is 0 Å². The van der Waals surface area contributed by atoms with E-state index in [9.17, 15) is 4.79 Å². The van der Waals surface area contributed by atoms with Crippen LogP contribution in [0.25, 0.3) is 0 Å². The number of carbonyl (C=O) groups is 1. The van der Waals surface area contributed by atoms with Gasteiger partial charge in [-0.25, -0.2) is 0 Å². The second kappa shape index (κ2) is 8.37. The maximum atomic E-state index is 11.9. The number of rotatable bonds is 6. The fourth-order valence-electron chi connectivity index (χ4n) is 2.56. The third-order valence-corrected chi connectivity index (χ3v) is 6.02. The van der Waals surface area contributed by atoms with Gasteiger partial charge in [-0.15, -0.1) is 23.1 Å². The largest absolute Gasteiger partial charge is 0.355 e. The Balaban J connectivity index is 1.60. The van der Waals surface area contributed by atoms with Crippen LogP contribution >= 0.6 is 23.1 Å². The zero-order valence-electron chi connectivity index (χ0n) is 13.9. The number of hydrogen-bond donors (Lipinski definition) is 1. The second-order valence-electron chi connectivity index (χ2n) is 7.00. The molecule has 0 aliphatic carbocycles. The van der Waals surface area contributed by atoms with Crippen molar-refractivity contribution in [3.63, 3.8) is 0 Å². The molecule has 1 fully saturated rings. The quantitative estimate of drug-likeness (QED) is 0.858. The van der Waals surface area contributed by atoms with Gasteiger partial charge in [0, 0.05) is 22.7 Å². The molecule has 0 bridgehead atoms. The highest BCUT2D eigenvalue weighted by atomic mass is 32.2. The summed E-state index contributed by atoms with van der Waals surface area (Å²) >= 11 is 3.55. The average molecular weight is 341 g/mol. The molecule has 1 aromatic heterocycles. The number of hydrogen-bond acceptors (Lipinski definition) is 4. The predicted octanol–water partition coefficient (Wildman–Crippen LogP) is 3.61. The molecule has 2 rings (SSSR count). The summed E-state index contributed by atoms with van der Waals surface area (Å²) in [5.41, 5.74) is 0. The van der Waals surface area contributed by atoms with Crippen molar-refractivity contribution < 1.29 is 4.79 Å². The number of amides is 1. The van der Waals surface area contributed by atoms with E-state index in [-0.39, 0.29) is 10.7 Å². The smallest absolute Gasteiger partial charge is 0.230 e. The minimum Gasteiger partial charge on any atom is -0.355 e. The molecular formula is C17H28N2OS2. The molecule has 1 aliphatic heterocycles. The van der Waals surface area contributed by atoms with Crippen molar-refractivity contribution in [2.45, 2.75) is 44.9 Å². The number of piperidine rings is 1. The lowest BCUT2D eigenvalue weighted by Gasteiger charge is -2.31. The molecule has 1 aromatic rings. The van der Waals surface area contributed by atoms with Crippen molar-refractivity contribution in [1.82, 2.24) is 10.2 Å². The predicted molar refractivity (Wildman–Crippen MR) is 97.5 cm³/mol. The molecule has 0 unspecified atom stereocenters. The third kappa shape index (κ3) is 6.71. The van der Waals surface area contributed by atoms with Crippen molar-refractivity contribution >= 4 is 29.0 Å². The van der Waals surface area contributed by atoms with E-state index >= 15 is 0 Å². The van der Waals surface area contributed by atoms with E-state index in [2.05, 4.69) is 48.5 Å². The number of thiophene rings is 1. The van der Waals surface area contributed by atoms with Crippen LogP contribution in [0.5, 0.6) is 0 Å². The molecule has 1 saturated heterocycles. The van der Waals surface area contributed by atoms with Crippen LogP contribution in [0, 0.1) is 5.92 Å². The van der Waals surface area contributed by atoms with Gasteiger partial charge in [-0.1, -0.05) is 26.8 Å². The van der Waals surface area contributed by atoms with E-state index in [1.54, 1.807) is 11.8 Å². The topological polar surface area (TPSA) is 32.3 Å². The van der Waals surface area contributed by atoms with Gasteiger partial charge in [-0.3, -0.25) is 9.69 Å². The van der Waals surface area contributed by atoms with Gasteiger partial charge in [0.1, 0.15) is 0 Å². The second-order valence-corrected chi connectivity index (χ2v) is 9.84. The van der Waals surface area contributed by atoms with Gasteiger partial charge in [0.2, 0.25) is 5.91 Å². The molecule has 2 heterocycles. The summed E-state index contributed by atoms with van der Waals surface area (Å²) in [4.78, 5) is 15.8. The summed E-state index contributed by atoms with van der Waals surface area (Å²) in [5.74, 6) is 1.39. The molecule has 0 atom stereocenters. The minimum atomic E-state index is 0.157. The fourth-order valence-corrected chi connectivity index (χ4v) is 3.98. The Labute approximate surface area is 142 Å². The van der Waals surface area contributed by atoms with Crippen LogP contribution in [0.15, 0.2) is 17.5 Å². The Morgan fingerprint density at radius 1 is 1.41 bits per heavy atom. The van der Waals surface area contributed by atoms with Crippen LogP contribution < -0.4 is 5.32 Å². The first-order valence-corrected chi connectivity index (χ1v) is 9.94. The Morgan fingerprint density at radius 2 is 2.14 bits per heavy atom. The molecule has 1 N–H and O–H groups in total. The van der Waals surface area contributed by atoms with Crippen LogP contribution in [0.2, 0.25) is 0 Å². The number of likely N-dealkylation sites (tertiary alicyclic amines) is 1. The zero-order valence-corrected chi connectivity index (χ0v) is 15.6. The first kappa shape index (κ1) is 17.8. The van der Waals surface area contributed by atoms with E-state index in [0.717, 1.165) is 26.2 Å². The van der Waals surface area contributed by atoms with E-state index in [1.807, 2.05) is 11.3 Å². The minimum absolute atomic E-state index is 0.157. The summed E-state index contributed by atoms with van der Waals surface area (Å²) in [5, 5.41) is 5.26. The van der Waals surface area contributed by atoms with Crippen LogP contribution in [-0.2, 0) is 11.3 Å². The van der Waals surface area contributed by atoms with E-state index < -0.39 is 0 Å². The summed E-state index contributed by atoms with van der Waals surface area (Å²) in [6, 6.07) is 4.34. The SMILES string of the molecule is CC(C)(C)SCC(=O)NCC1CCN(Cc2cccs2)CC1. The van der Waals surface area contributed by atoms with Crippen LogP contribution in [-0.4, -0.2) is 40.9 Å². The average Bonchev–Trinajstić information content (AvgIpc) is 2.96. The number of thioether (sulfide) groups is 1. The maximum absolute atomic E-state index is 11.9. The zero-order chi connectivity index (χ0) is 16.0. The van der Waals surface area contributed by atoms with Crippen molar-refractivity contribution in [2.24, 2.45) is 5.92 Å². The van der Waals surface area contributed by atoms with Crippen molar-refractivity contribution in [3.8, 4) is 0 Å². The van der Waals surface area contributed by atoms with Crippen molar-refractivity contribution in [1.29, 1.82) is 0 Å². The number of nitrogens with zero attached hydrogens (tertiary/aromatic N) is 1. The summed E-state index contributed by atoms with van der Waals surface area (Å²) in [7, 11) is 0. The lowest BCUT2D eigenvalue weighted by Crippen LogP contribution is -2.38. The van der Waals surface area contributed by atoms with Crippen LogP contribution in [0.1, 0.15) is 38.5 Å². The fraction of sp³-hybridized carbons (Fsp3) is 0.706. The van der Waals surface area contributed by atoms with Crippen molar-refractivity contribution in [2.75, 3.05) is 25.4 Å². The highest BCUT2D eigenvalue weighted by Gasteiger charge is 2.20. The lowest BCUT2D eigenvalue weighted by atomic mass is 9.97. The molecule has 0 spiro atoms. The van der Waals surface area contributed by atoms with Gasteiger partial charge in [0.05, 0.1) is 5.75 Å². The normalized spacial score (nSPS) is 17.6. The first-order valence-electron chi connectivity index (χ1n) is 8.08. The molecular weight excluding hydrogens is 312 g/mol. The molecule has 5 heteroatoms. The summed E-state index contributed by atoms with van der Waals surface area (Å²) in [6.45, 7) is 10.7. The van der Waals surface area contributed by atoms with E-state index in [4.69, 9.17) is 0 Å². The number of nitrogens with one attached hydrogen (secondary N) is 1. The molecule has 0 radical (unpaired) electrons. The van der Waals surface area contributed by atoms with Gasteiger partial charge >= 0.3 is 0 Å². The van der Waals surface area contributed by atoms with Crippen LogP contribution in [0.3, 0.4) is 0 Å². The Hall–Kier alpha value is -0.520. The molecule has 0 aromatic carbocycles. The highest BCUT2D eigenvalue weighted by molar-refractivity contribution is 8.01. The molecule has 124 valence electrons. The maximum Gasteiger partial charge on any atom is 0.230 e. The first-order chi connectivity index (χ1) is 10.4. The Kier molecular flexibility index (Phi) is 6.78. The Morgan fingerprint density at radius 3 is 2.73 bits per heavy atom. The van der Waals surface area contributed by atoms with Gasteiger partial charge in [0.25, 0.3) is 0 Å². The monoisotopic (exact) mass is 340 g/mol. The molecule has 22 heavy (non-hydrogen) atoms. The molecule has 1 amide bonds. The van der Waals surface area contributed by atoms with Gasteiger partial charge in [-0.05, 0) is 43.3 Å². The standard InChI is InChI=1S/C17H28N2OS2/c1-17(2,3)22-13-16(20)18-11-14-6-8-19(9-7-14)12-15-5-4-10-21-15/h4-5,10,14H,6-9,11-13H2,1-3H3,(H,18,20). The van der Waals surface area contributed by atoms with Crippen LogP contribution in [0.4, 0.5) is 0 Å². The molecule has 0 saturated carbocycles. The number of carbonyl (C=O) groups excluding carboxylic acids is 1. The lowest BCUT2D eigenvalue weighted by molar-refractivity contribution is -0.118. The highest BCUT2D eigenvalue weighted by Crippen LogP contribution is 2.23. The Bertz CT molecular complexity index is 446. The van der Waals surface area contributed by atoms with E-state index in [1.165, 1.54) is 17.7 Å². The van der Waals surface area contributed by atoms with Gasteiger partial charge in [-0.2, -0.15) is 0 Å². The molecule has 1 aliphatic rings. The molecule has 3 nitrogen and oxygen atoms in total. The van der Waals surface area contributed by atoms with E-state index in [0.29, 0.717) is 11.7 Å². The third-order valence-electron chi connectivity index (χ3n) is 3.89. The van der Waals surface area contributed by atoms with Crippen molar-refractivity contribution in [3.05, 3.63) is 22.4 Å². The summed E-state index contributed by atoms with van der Waals surface area (Å²) in [6.07, 6.45) is 2.39.